The van der Waals surface area contributed by atoms with Crippen LogP contribution < -0.4 is 9.64 Å². The summed E-state index contributed by atoms with van der Waals surface area (Å²) in [7, 11) is 1.70. The molecule has 0 N–H and O–H groups in total. The smallest absolute Gasteiger partial charge is 0.132 e. The third-order valence-corrected chi connectivity index (χ3v) is 5.34. The number of ether oxygens (including phenoxy) is 1. The highest BCUT2D eigenvalue weighted by Crippen LogP contribution is 2.43. The fourth-order valence-electron chi connectivity index (χ4n) is 4.08. The lowest BCUT2D eigenvalue weighted by Gasteiger charge is -2.32. The first-order valence-electron chi connectivity index (χ1n) is 9.08. The van der Waals surface area contributed by atoms with E-state index in [-0.39, 0.29) is 6.17 Å². The molecule has 0 bridgehead atoms. The Labute approximate surface area is 153 Å². The van der Waals surface area contributed by atoms with Gasteiger partial charge in [-0.15, -0.1) is 0 Å². The Kier molecular flexibility index (Phi) is 3.56. The van der Waals surface area contributed by atoms with Crippen LogP contribution in [0.4, 0.5) is 5.69 Å². The molecule has 2 aliphatic heterocycles. The van der Waals surface area contributed by atoms with Gasteiger partial charge in [0.05, 0.1) is 12.6 Å². The molecule has 0 aliphatic carbocycles. The number of rotatable bonds is 3. The molecule has 4 nitrogen and oxygen atoms in total. The number of anilines is 1. The number of hydrogen-bond donors (Lipinski definition) is 0. The van der Waals surface area contributed by atoms with Gasteiger partial charge >= 0.3 is 0 Å². The molecule has 130 valence electrons. The van der Waals surface area contributed by atoms with E-state index in [1.807, 2.05) is 24.4 Å². The SMILES string of the molecule is COc1ccc(N2C=C3CCCN3C2c2ccc3ncccc3c2)cc1. The average molecular weight is 343 g/mol. The van der Waals surface area contributed by atoms with E-state index in [9.17, 15) is 0 Å². The molecular weight excluding hydrogens is 322 g/mol. The third kappa shape index (κ3) is 2.41. The van der Waals surface area contributed by atoms with Crippen LogP contribution in [0.1, 0.15) is 24.6 Å². The highest BCUT2D eigenvalue weighted by molar-refractivity contribution is 5.79. The summed E-state index contributed by atoms with van der Waals surface area (Å²) in [6, 6.07) is 19.1. The van der Waals surface area contributed by atoms with Crippen molar-refractivity contribution in [3.8, 4) is 5.75 Å². The molecule has 1 aromatic heterocycles. The Bertz CT molecular complexity index is 980. The molecule has 1 atom stereocenters. The number of allylic oxidation sites excluding steroid dienone is 1. The first-order valence-corrected chi connectivity index (χ1v) is 9.08. The second-order valence-electron chi connectivity index (χ2n) is 6.85. The number of pyridine rings is 1. The van der Waals surface area contributed by atoms with Crippen molar-refractivity contribution >= 4 is 16.6 Å². The normalized spacial score (nSPS) is 19.0. The Morgan fingerprint density at radius 1 is 1.08 bits per heavy atom. The summed E-state index contributed by atoms with van der Waals surface area (Å²) < 4.78 is 5.31. The highest BCUT2D eigenvalue weighted by Gasteiger charge is 2.36. The van der Waals surface area contributed by atoms with Crippen LogP contribution in [0.2, 0.25) is 0 Å². The highest BCUT2D eigenvalue weighted by atomic mass is 16.5. The summed E-state index contributed by atoms with van der Waals surface area (Å²) in [6.07, 6.45) is 6.74. The molecule has 0 amide bonds. The molecule has 4 heteroatoms. The van der Waals surface area contributed by atoms with Crippen LogP contribution in [0.5, 0.6) is 5.75 Å². The van der Waals surface area contributed by atoms with E-state index in [2.05, 4.69) is 57.4 Å². The molecule has 2 aromatic carbocycles. The maximum Gasteiger partial charge on any atom is 0.132 e. The number of aromatic nitrogens is 1. The van der Waals surface area contributed by atoms with Gasteiger partial charge in [0.2, 0.25) is 0 Å². The van der Waals surface area contributed by atoms with Crippen LogP contribution in [0, 0.1) is 0 Å². The second kappa shape index (κ2) is 6.06. The quantitative estimate of drug-likeness (QED) is 0.689. The molecular formula is C22H21N3O. The number of benzene rings is 2. The topological polar surface area (TPSA) is 28.6 Å². The van der Waals surface area contributed by atoms with Crippen LogP contribution in [-0.4, -0.2) is 23.5 Å². The predicted molar refractivity (Wildman–Crippen MR) is 104 cm³/mol. The van der Waals surface area contributed by atoms with E-state index in [1.54, 1.807) is 7.11 Å². The minimum absolute atomic E-state index is 0.200. The molecule has 0 radical (unpaired) electrons. The molecule has 0 spiro atoms. The van der Waals surface area contributed by atoms with Gasteiger partial charge in [0, 0.05) is 35.7 Å². The fraction of sp³-hybridized carbons (Fsp3) is 0.227. The summed E-state index contributed by atoms with van der Waals surface area (Å²) in [4.78, 5) is 9.37. The van der Waals surface area contributed by atoms with Crippen molar-refractivity contribution in [3.05, 3.63) is 78.3 Å². The van der Waals surface area contributed by atoms with Crippen molar-refractivity contribution in [3.63, 3.8) is 0 Å². The maximum absolute atomic E-state index is 5.31. The summed E-state index contributed by atoms with van der Waals surface area (Å²) in [5, 5.41) is 1.19. The van der Waals surface area contributed by atoms with Crippen molar-refractivity contribution in [2.24, 2.45) is 0 Å². The summed E-state index contributed by atoms with van der Waals surface area (Å²) in [5.41, 5.74) is 4.95. The Balaban J connectivity index is 1.58. The van der Waals surface area contributed by atoms with Crippen LogP contribution >= 0.6 is 0 Å². The minimum Gasteiger partial charge on any atom is -0.497 e. The predicted octanol–water partition coefficient (Wildman–Crippen LogP) is 4.70. The molecule has 2 aliphatic rings. The van der Waals surface area contributed by atoms with Crippen LogP contribution in [0.3, 0.4) is 0 Å². The van der Waals surface area contributed by atoms with E-state index >= 15 is 0 Å². The van der Waals surface area contributed by atoms with Gasteiger partial charge in [0.1, 0.15) is 11.9 Å². The number of fused-ring (bicyclic) bond motifs is 2. The van der Waals surface area contributed by atoms with Crippen LogP contribution in [-0.2, 0) is 0 Å². The van der Waals surface area contributed by atoms with Gasteiger partial charge in [-0.05, 0) is 60.9 Å². The van der Waals surface area contributed by atoms with Crippen LogP contribution in [0.25, 0.3) is 10.9 Å². The largest absolute Gasteiger partial charge is 0.497 e. The zero-order valence-corrected chi connectivity index (χ0v) is 14.8. The van der Waals surface area contributed by atoms with Crippen molar-refractivity contribution in [1.82, 2.24) is 9.88 Å². The Morgan fingerprint density at radius 2 is 1.96 bits per heavy atom. The molecule has 3 heterocycles. The zero-order chi connectivity index (χ0) is 17.5. The van der Waals surface area contributed by atoms with E-state index in [0.29, 0.717) is 0 Å². The van der Waals surface area contributed by atoms with Gasteiger partial charge in [-0.3, -0.25) is 4.98 Å². The molecule has 1 unspecified atom stereocenters. The number of hydrogen-bond acceptors (Lipinski definition) is 4. The lowest BCUT2D eigenvalue weighted by Crippen LogP contribution is -2.30. The van der Waals surface area contributed by atoms with Crippen molar-refractivity contribution < 1.29 is 4.74 Å². The molecule has 3 aromatic rings. The van der Waals surface area contributed by atoms with Gasteiger partial charge in [-0.1, -0.05) is 12.1 Å². The summed E-state index contributed by atoms with van der Waals surface area (Å²) >= 11 is 0. The van der Waals surface area contributed by atoms with Crippen molar-refractivity contribution in [1.29, 1.82) is 0 Å². The lowest BCUT2D eigenvalue weighted by atomic mass is 10.1. The number of nitrogens with zero attached hydrogens (tertiary/aromatic N) is 3. The maximum atomic E-state index is 5.31. The van der Waals surface area contributed by atoms with Gasteiger partial charge in [-0.25, -0.2) is 0 Å². The van der Waals surface area contributed by atoms with Gasteiger partial charge in [-0.2, -0.15) is 0 Å². The fourth-order valence-corrected chi connectivity index (χ4v) is 4.08. The third-order valence-electron chi connectivity index (χ3n) is 5.34. The Hall–Kier alpha value is -3.01. The monoisotopic (exact) mass is 343 g/mol. The van der Waals surface area contributed by atoms with E-state index in [0.717, 1.165) is 24.2 Å². The lowest BCUT2D eigenvalue weighted by molar-refractivity contribution is 0.319. The van der Waals surface area contributed by atoms with Crippen molar-refractivity contribution in [2.75, 3.05) is 18.6 Å². The summed E-state index contributed by atoms with van der Waals surface area (Å²) in [5.74, 6) is 0.884. The van der Waals surface area contributed by atoms with Gasteiger partial charge in [0.15, 0.2) is 0 Å². The van der Waals surface area contributed by atoms with E-state index < -0.39 is 0 Å². The summed E-state index contributed by atoms with van der Waals surface area (Å²) in [6.45, 7) is 1.11. The zero-order valence-electron chi connectivity index (χ0n) is 14.8. The number of methoxy groups -OCH3 is 1. The van der Waals surface area contributed by atoms with Crippen molar-refractivity contribution in [2.45, 2.75) is 19.0 Å². The Morgan fingerprint density at radius 3 is 2.81 bits per heavy atom. The molecule has 5 rings (SSSR count). The molecule has 1 fully saturated rings. The average Bonchev–Trinajstić information content (AvgIpc) is 3.29. The van der Waals surface area contributed by atoms with Gasteiger partial charge in [0.25, 0.3) is 0 Å². The van der Waals surface area contributed by atoms with Crippen LogP contribution in [0.15, 0.2) is 72.7 Å². The van der Waals surface area contributed by atoms with Gasteiger partial charge < -0.3 is 14.5 Å². The van der Waals surface area contributed by atoms with E-state index in [1.165, 1.54) is 28.8 Å². The standard InChI is InChI=1S/C22H21N3O/c1-26-20-9-7-18(8-10-20)25-15-19-5-3-13-24(19)22(25)17-6-11-21-16(14-17)4-2-12-23-21/h2,4,6-12,14-15,22H,3,5,13H2,1H3. The minimum atomic E-state index is 0.200. The molecule has 26 heavy (non-hydrogen) atoms. The molecule has 1 saturated heterocycles. The molecule has 0 saturated carbocycles. The second-order valence-corrected chi connectivity index (χ2v) is 6.85. The first kappa shape index (κ1) is 15.3. The first-order chi connectivity index (χ1) is 12.8. The van der Waals surface area contributed by atoms with E-state index in [4.69, 9.17) is 4.74 Å².